The Labute approximate surface area is 176 Å². The van der Waals surface area contributed by atoms with Gasteiger partial charge in [-0.15, -0.1) is 11.3 Å². The van der Waals surface area contributed by atoms with E-state index in [1.807, 2.05) is 30.6 Å². The number of fused-ring (bicyclic) bond motifs is 2. The van der Waals surface area contributed by atoms with E-state index in [4.69, 9.17) is 4.98 Å². The van der Waals surface area contributed by atoms with Crippen molar-refractivity contribution in [1.82, 2.24) is 14.5 Å². The molecule has 3 aromatic heterocycles. The number of hydrazone groups is 1. The van der Waals surface area contributed by atoms with Crippen molar-refractivity contribution in [3.05, 3.63) is 77.6 Å². The maximum Gasteiger partial charge on any atom is 0.244 e. The van der Waals surface area contributed by atoms with Crippen molar-refractivity contribution in [2.75, 3.05) is 5.43 Å². The lowest BCUT2D eigenvalue weighted by molar-refractivity contribution is 0.625. The molecule has 0 unspecified atom stereocenters. The van der Waals surface area contributed by atoms with Gasteiger partial charge < -0.3 is 4.57 Å². The molecule has 0 fully saturated rings. The highest BCUT2D eigenvalue weighted by molar-refractivity contribution is 7.17. The van der Waals surface area contributed by atoms with E-state index in [0.29, 0.717) is 17.2 Å². The summed E-state index contributed by atoms with van der Waals surface area (Å²) in [7, 11) is 2.03. The van der Waals surface area contributed by atoms with Gasteiger partial charge in [0, 0.05) is 35.3 Å². The molecule has 2 aromatic carbocycles. The third-order valence-electron chi connectivity index (χ3n) is 5.04. The summed E-state index contributed by atoms with van der Waals surface area (Å²) < 4.78 is 17.1. The van der Waals surface area contributed by atoms with Gasteiger partial charge in [-0.25, -0.2) is 19.8 Å². The Hall–Kier alpha value is -3.58. The maximum absolute atomic E-state index is 14.0. The van der Waals surface area contributed by atoms with Crippen molar-refractivity contribution in [1.29, 1.82) is 0 Å². The van der Waals surface area contributed by atoms with Crippen LogP contribution in [0.3, 0.4) is 0 Å². The first-order valence-corrected chi connectivity index (χ1v) is 10.3. The molecule has 5 aromatic rings. The first kappa shape index (κ1) is 18.4. The lowest BCUT2D eigenvalue weighted by atomic mass is 10.1. The number of aryl methyl sites for hydroxylation is 1. The van der Waals surface area contributed by atoms with E-state index in [2.05, 4.69) is 38.4 Å². The van der Waals surface area contributed by atoms with Gasteiger partial charge in [0.25, 0.3) is 0 Å². The number of aromatic nitrogens is 3. The second kappa shape index (κ2) is 7.35. The Morgan fingerprint density at radius 2 is 1.87 bits per heavy atom. The Morgan fingerprint density at radius 1 is 1.07 bits per heavy atom. The summed E-state index contributed by atoms with van der Waals surface area (Å²) in [6.45, 7) is 1.75. The van der Waals surface area contributed by atoms with Crippen LogP contribution in [0.1, 0.15) is 12.5 Å². The molecular weight excluding hydrogens is 397 g/mol. The molecule has 0 aliphatic heterocycles. The van der Waals surface area contributed by atoms with Gasteiger partial charge in [0.2, 0.25) is 5.95 Å². The topological polar surface area (TPSA) is 55.1 Å². The van der Waals surface area contributed by atoms with Crippen molar-refractivity contribution >= 4 is 44.1 Å². The summed E-state index contributed by atoms with van der Waals surface area (Å²) >= 11 is 1.61. The molecule has 30 heavy (non-hydrogen) atoms. The number of nitrogens with zero attached hydrogens (tertiary/aromatic N) is 4. The molecule has 7 heteroatoms. The molecule has 0 spiro atoms. The standard InChI is InChI=1S/C23H18FN5S/c1-14(15-7-3-5-9-18(15)24)27-28-23-25-19-11-12-30-22(19)21(26-23)17-13-29(2)20-10-6-4-8-16(17)20/h3-13H,1-2H3,(H,25,26,28)/b27-14+. The molecule has 0 aliphatic carbocycles. The number of hydrogen-bond acceptors (Lipinski definition) is 5. The highest BCUT2D eigenvalue weighted by Crippen LogP contribution is 2.36. The van der Waals surface area contributed by atoms with E-state index in [1.54, 1.807) is 36.5 Å². The smallest absolute Gasteiger partial charge is 0.244 e. The molecule has 0 saturated heterocycles. The minimum Gasteiger partial charge on any atom is -0.350 e. The van der Waals surface area contributed by atoms with Crippen LogP contribution < -0.4 is 5.43 Å². The molecule has 0 saturated carbocycles. The van der Waals surface area contributed by atoms with Crippen LogP contribution in [0.4, 0.5) is 10.3 Å². The highest BCUT2D eigenvalue weighted by Gasteiger charge is 2.16. The average molecular weight is 415 g/mol. The number of nitrogens with one attached hydrogen (secondary N) is 1. The van der Waals surface area contributed by atoms with Crippen LogP contribution in [-0.4, -0.2) is 20.2 Å². The summed E-state index contributed by atoms with van der Waals surface area (Å²) in [5, 5.41) is 7.45. The summed E-state index contributed by atoms with van der Waals surface area (Å²) in [5.41, 5.74) is 7.76. The molecule has 5 nitrogen and oxygen atoms in total. The van der Waals surface area contributed by atoms with Crippen LogP contribution in [0.2, 0.25) is 0 Å². The van der Waals surface area contributed by atoms with Crippen LogP contribution in [0, 0.1) is 5.82 Å². The van der Waals surface area contributed by atoms with Gasteiger partial charge in [0.05, 0.1) is 21.6 Å². The Morgan fingerprint density at radius 3 is 2.73 bits per heavy atom. The number of halogens is 1. The van der Waals surface area contributed by atoms with Crippen LogP contribution in [-0.2, 0) is 7.05 Å². The van der Waals surface area contributed by atoms with Crippen molar-refractivity contribution in [3.63, 3.8) is 0 Å². The van der Waals surface area contributed by atoms with E-state index in [9.17, 15) is 4.39 Å². The molecule has 0 bridgehead atoms. The number of para-hydroxylation sites is 1. The number of rotatable bonds is 4. The molecule has 148 valence electrons. The number of anilines is 1. The van der Waals surface area contributed by atoms with E-state index < -0.39 is 0 Å². The first-order valence-electron chi connectivity index (χ1n) is 9.46. The van der Waals surface area contributed by atoms with Gasteiger partial charge in [0.15, 0.2) is 0 Å². The summed E-state index contributed by atoms with van der Waals surface area (Å²) in [6, 6.07) is 16.8. The summed E-state index contributed by atoms with van der Waals surface area (Å²) in [6.07, 6.45) is 2.09. The Kier molecular flexibility index (Phi) is 4.52. The van der Waals surface area contributed by atoms with Crippen LogP contribution in [0.25, 0.3) is 32.4 Å². The predicted molar refractivity (Wildman–Crippen MR) is 122 cm³/mol. The minimum absolute atomic E-state index is 0.314. The average Bonchev–Trinajstić information content (AvgIpc) is 3.37. The molecular formula is C23H18FN5S. The summed E-state index contributed by atoms with van der Waals surface area (Å²) in [5.74, 6) is 0.0609. The lowest BCUT2D eigenvalue weighted by Gasteiger charge is -2.07. The molecule has 3 heterocycles. The monoisotopic (exact) mass is 415 g/mol. The maximum atomic E-state index is 14.0. The molecule has 0 radical (unpaired) electrons. The minimum atomic E-state index is -0.314. The van der Waals surface area contributed by atoms with E-state index >= 15 is 0 Å². The van der Waals surface area contributed by atoms with Crippen LogP contribution >= 0.6 is 11.3 Å². The zero-order chi connectivity index (χ0) is 20.7. The van der Waals surface area contributed by atoms with Gasteiger partial charge in [-0.1, -0.05) is 36.4 Å². The van der Waals surface area contributed by atoms with Gasteiger partial charge in [0.1, 0.15) is 5.82 Å². The second-order valence-corrected chi connectivity index (χ2v) is 7.91. The SMILES string of the molecule is C/C(=N\Nc1nc(-c2cn(C)c3ccccc23)c2sccc2n1)c1ccccc1F. The Balaban J connectivity index is 1.60. The predicted octanol–water partition coefficient (Wildman–Crippen LogP) is 5.83. The Bertz CT molecular complexity index is 1420. The van der Waals surface area contributed by atoms with Gasteiger partial charge in [-0.2, -0.15) is 5.10 Å². The molecule has 5 rings (SSSR count). The largest absolute Gasteiger partial charge is 0.350 e. The third-order valence-corrected chi connectivity index (χ3v) is 5.95. The molecule has 0 amide bonds. The van der Waals surface area contributed by atoms with Crippen molar-refractivity contribution < 1.29 is 4.39 Å². The third kappa shape index (κ3) is 3.13. The van der Waals surface area contributed by atoms with Crippen LogP contribution in [0.5, 0.6) is 0 Å². The number of thiophene rings is 1. The quantitative estimate of drug-likeness (QED) is 0.297. The highest BCUT2D eigenvalue weighted by atomic mass is 32.1. The lowest BCUT2D eigenvalue weighted by Crippen LogP contribution is -2.04. The van der Waals surface area contributed by atoms with E-state index in [1.165, 1.54) is 6.07 Å². The van der Waals surface area contributed by atoms with Crippen molar-refractivity contribution in [2.24, 2.45) is 12.1 Å². The molecule has 0 aliphatic rings. The zero-order valence-electron chi connectivity index (χ0n) is 16.4. The van der Waals surface area contributed by atoms with Gasteiger partial charge in [-0.3, -0.25) is 0 Å². The summed E-state index contributed by atoms with van der Waals surface area (Å²) in [4.78, 5) is 9.35. The van der Waals surface area contributed by atoms with Crippen LogP contribution in [0.15, 0.2) is 71.3 Å². The fraction of sp³-hybridized carbons (Fsp3) is 0.0870. The number of benzene rings is 2. The second-order valence-electron chi connectivity index (χ2n) is 6.99. The van der Waals surface area contributed by atoms with E-state index in [0.717, 1.165) is 32.4 Å². The van der Waals surface area contributed by atoms with Gasteiger partial charge >= 0.3 is 0 Å². The fourth-order valence-corrected chi connectivity index (χ4v) is 4.41. The van der Waals surface area contributed by atoms with Crippen molar-refractivity contribution in [2.45, 2.75) is 6.92 Å². The van der Waals surface area contributed by atoms with Gasteiger partial charge in [-0.05, 0) is 30.5 Å². The molecule has 0 atom stereocenters. The zero-order valence-corrected chi connectivity index (χ0v) is 17.2. The van der Waals surface area contributed by atoms with E-state index in [-0.39, 0.29) is 5.82 Å². The molecule has 1 N–H and O–H groups in total. The first-order chi connectivity index (χ1) is 14.6. The normalized spacial score (nSPS) is 12.0. The number of hydrogen-bond donors (Lipinski definition) is 1. The van der Waals surface area contributed by atoms with Crippen molar-refractivity contribution in [3.8, 4) is 11.3 Å². The fourth-order valence-electron chi connectivity index (χ4n) is 3.58.